The van der Waals surface area contributed by atoms with Crippen molar-refractivity contribution >= 4 is 17.5 Å². The summed E-state index contributed by atoms with van der Waals surface area (Å²) >= 11 is 0. The highest BCUT2D eigenvalue weighted by molar-refractivity contribution is 5.94. The van der Waals surface area contributed by atoms with E-state index in [0.717, 1.165) is 5.56 Å². The van der Waals surface area contributed by atoms with Gasteiger partial charge in [-0.2, -0.15) is 0 Å². The second-order valence-corrected chi connectivity index (χ2v) is 4.65. The van der Waals surface area contributed by atoms with Crippen LogP contribution in [-0.4, -0.2) is 43.4 Å². The van der Waals surface area contributed by atoms with Crippen molar-refractivity contribution in [3.05, 3.63) is 29.8 Å². The number of likely N-dealkylation sites (N-methyl/N-ethyl adjacent to an activating group) is 2. The predicted octanol–water partition coefficient (Wildman–Crippen LogP) is 0.150. The quantitative estimate of drug-likeness (QED) is 0.691. The van der Waals surface area contributed by atoms with Gasteiger partial charge in [0.15, 0.2) is 0 Å². The molecule has 0 fully saturated rings. The highest BCUT2D eigenvalue weighted by Gasteiger charge is 2.19. The summed E-state index contributed by atoms with van der Waals surface area (Å²) in [4.78, 5) is 25.0. The van der Waals surface area contributed by atoms with Crippen LogP contribution >= 0.6 is 0 Å². The Kier molecular flexibility index (Phi) is 6.14. The normalized spacial score (nSPS) is 12.1. The van der Waals surface area contributed by atoms with Gasteiger partial charge in [-0.05, 0) is 31.7 Å². The Labute approximate surface area is 119 Å². The summed E-state index contributed by atoms with van der Waals surface area (Å²) in [6.45, 7) is 2.41. The van der Waals surface area contributed by atoms with Crippen LogP contribution in [0.1, 0.15) is 12.5 Å². The van der Waals surface area contributed by atoms with Gasteiger partial charge in [0.05, 0.1) is 12.6 Å². The lowest BCUT2D eigenvalue weighted by Crippen LogP contribution is -2.44. The maximum atomic E-state index is 12.1. The molecule has 0 aliphatic carbocycles. The van der Waals surface area contributed by atoms with Crippen LogP contribution < -0.4 is 16.4 Å². The lowest BCUT2D eigenvalue weighted by atomic mass is 10.2. The third kappa shape index (κ3) is 4.64. The number of anilines is 1. The number of nitrogens with two attached hydrogens (primary N) is 1. The van der Waals surface area contributed by atoms with E-state index in [2.05, 4.69) is 10.6 Å². The standard InChI is InChI=1S/C14H22N4O2/c1-10(18(3)9-13(19)16-2)14(20)17-12-6-4-11(8-15)5-7-12/h4-7,10H,8-9,15H2,1-3H3,(H,16,19)(H,17,20). The van der Waals surface area contributed by atoms with Crippen LogP contribution in [0.25, 0.3) is 0 Å². The molecule has 20 heavy (non-hydrogen) atoms. The fourth-order valence-corrected chi connectivity index (χ4v) is 1.61. The first-order valence-electron chi connectivity index (χ1n) is 6.48. The molecule has 1 unspecified atom stereocenters. The Hall–Kier alpha value is -1.92. The first kappa shape index (κ1) is 16.1. The molecular formula is C14H22N4O2. The molecule has 4 N–H and O–H groups in total. The molecule has 0 saturated heterocycles. The van der Waals surface area contributed by atoms with Crippen LogP contribution in [0.3, 0.4) is 0 Å². The Balaban J connectivity index is 2.58. The summed E-state index contributed by atoms with van der Waals surface area (Å²) in [5, 5.41) is 5.34. The smallest absolute Gasteiger partial charge is 0.241 e. The molecule has 0 aliphatic rings. The van der Waals surface area contributed by atoms with E-state index in [1.54, 1.807) is 25.9 Å². The zero-order valence-corrected chi connectivity index (χ0v) is 12.1. The van der Waals surface area contributed by atoms with Gasteiger partial charge in [-0.25, -0.2) is 0 Å². The molecule has 0 spiro atoms. The summed E-state index contributed by atoms with van der Waals surface area (Å²) in [7, 11) is 3.30. The highest BCUT2D eigenvalue weighted by atomic mass is 16.2. The third-order valence-corrected chi connectivity index (χ3v) is 3.17. The Morgan fingerprint density at radius 3 is 2.40 bits per heavy atom. The number of nitrogens with zero attached hydrogens (tertiary/aromatic N) is 1. The SMILES string of the molecule is CNC(=O)CN(C)C(C)C(=O)Nc1ccc(CN)cc1. The van der Waals surface area contributed by atoms with Crippen molar-refractivity contribution in [2.24, 2.45) is 5.73 Å². The number of hydrogen-bond donors (Lipinski definition) is 3. The van der Waals surface area contributed by atoms with Crippen molar-refractivity contribution in [1.82, 2.24) is 10.2 Å². The zero-order valence-electron chi connectivity index (χ0n) is 12.1. The largest absolute Gasteiger partial charge is 0.358 e. The molecule has 6 heteroatoms. The summed E-state index contributed by atoms with van der Waals surface area (Å²) in [6, 6.07) is 6.96. The van der Waals surface area contributed by atoms with Gasteiger partial charge in [-0.15, -0.1) is 0 Å². The number of nitrogens with one attached hydrogen (secondary N) is 2. The number of benzene rings is 1. The van der Waals surface area contributed by atoms with Crippen molar-refractivity contribution in [1.29, 1.82) is 0 Å². The molecule has 110 valence electrons. The van der Waals surface area contributed by atoms with E-state index in [0.29, 0.717) is 12.2 Å². The minimum absolute atomic E-state index is 0.126. The Morgan fingerprint density at radius 2 is 1.90 bits per heavy atom. The van der Waals surface area contributed by atoms with Crippen molar-refractivity contribution in [2.75, 3.05) is 26.0 Å². The maximum absolute atomic E-state index is 12.1. The van der Waals surface area contributed by atoms with Crippen LogP contribution in [0, 0.1) is 0 Å². The van der Waals surface area contributed by atoms with Crippen molar-refractivity contribution < 1.29 is 9.59 Å². The summed E-state index contributed by atoms with van der Waals surface area (Å²) in [6.07, 6.45) is 0. The maximum Gasteiger partial charge on any atom is 0.241 e. The Bertz CT molecular complexity index is 459. The molecule has 0 aromatic heterocycles. The lowest BCUT2D eigenvalue weighted by molar-refractivity contribution is -0.124. The minimum atomic E-state index is -0.401. The average Bonchev–Trinajstić information content (AvgIpc) is 2.46. The number of carbonyl (C=O) groups excluding carboxylic acids is 2. The molecule has 1 aromatic rings. The van der Waals surface area contributed by atoms with Gasteiger partial charge in [0.25, 0.3) is 0 Å². The Morgan fingerprint density at radius 1 is 1.30 bits per heavy atom. The van der Waals surface area contributed by atoms with E-state index in [9.17, 15) is 9.59 Å². The van der Waals surface area contributed by atoms with Gasteiger partial charge in [0.1, 0.15) is 0 Å². The van der Waals surface area contributed by atoms with Crippen LogP contribution in [0.2, 0.25) is 0 Å². The molecule has 0 aliphatic heterocycles. The second kappa shape index (κ2) is 7.62. The van der Waals surface area contributed by atoms with Crippen LogP contribution in [-0.2, 0) is 16.1 Å². The average molecular weight is 278 g/mol. The molecule has 0 radical (unpaired) electrons. The first-order chi connectivity index (χ1) is 9.47. The fraction of sp³-hybridized carbons (Fsp3) is 0.429. The van der Waals surface area contributed by atoms with E-state index in [1.807, 2.05) is 24.3 Å². The molecule has 0 saturated carbocycles. The van der Waals surface area contributed by atoms with Gasteiger partial charge in [0.2, 0.25) is 11.8 Å². The molecule has 1 atom stereocenters. The number of rotatable bonds is 6. The van der Waals surface area contributed by atoms with E-state index in [4.69, 9.17) is 5.73 Å². The number of carbonyl (C=O) groups is 2. The van der Waals surface area contributed by atoms with E-state index in [-0.39, 0.29) is 18.4 Å². The zero-order chi connectivity index (χ0) is 15.1. The summed E-state index contributed by atoms with van der Waals surface area (Å²) < 4.78 is 0. The lowest BCUT2D eigenvalue weighted by Gasteiger charge is -2.23. The minimum Gasteiger partial charge on any atom is -0.358 e. The molecule has 1 rings (SSSR count). The molecule has 0 bridgehead atoms. The van der Waals surface area contributed by atoms with E-state index < -0.39 is 6.04 Å². The summed E-state index contributed by atoms with van der Waals surface area (Å²) in [5.41, 5.74) is 7.24. The topological polar surface area (TPSA) is 87.5 Å². The molecule has 1 aromatic carbocycles. The molecule has 0 heterocycles. The monoisotopic (exact) mass is 278 g/mol. The van der Waals surface area contributed by atoms with E-state index in [1.165, 1.54) is 0 Å². The van der Waals surface area contributed by atoms with Crippen molar-refractivity contribution in [3.63, 3.8) is 0 Å². The molecule has 2 amide bonds. The predicted molar refractivity (Wildman–Crippen MR) is 79.1 cm³/mol. The van der Waals surface area contributed by atoms with Crippen LogP contribution in [0.15, 0.2) is 24.3 Å². The third-order valence-electron chi connectivity index (χ3n) is 3.17. The highest BCUT2D eigenvalue weighted by Crippen LogP contribution is 2.10. The number of hydrogen-bond acceptors (Lipinski definition) is 4. The first-order valence-corrected chi connectivity index (χ1v) is 6.48. The van der Waals surface area contributed by atoms with Crippen molar-refractivity contribution in [2.45, 2.75) is 19.5 Å². The van der Waals surface area contributed by atoms with Gasteiger partial charge in [0, 0.05) is 19.3 Å². The van der Waals surface area contributed by atoms with Crippen molar-refractivity contribution in [3.8, 4) is 0 Å². The fourth-order valence-electron chi connectivity index (χ4n) is 1.61. The van der Waals surface area contributed by atoms with Gasteiger partial charge in [-0.1, -0.05) is 12.1 Å². The van der Waals surface area contributed by atoms with Gasteiger partial charge < -0.3 is 16.4 Å². The number of amides is 2. The van der Waals surface area contributed by atoms with Crippen LogP contribution in [0.5, 0.6) is 0 Å². The van der Waals surface area contributed by atoms with Gasteiger partial charge >= 0.3 is 0 Å². The second-order valence-electron chi connectivity index (χ2n) is 4.65. The van der Waals surface area contributed by atoms with Gasteiger partial charge in [-0.3, -0.25) is 14.5 Å². The molecular weight excluding hydrogens is 256 g/mol. The van der Waals surface area contributed by atoms with E-state index >= 15 is 0 Å². The van der Waals surface area contributed by atoms with Crippen LogP contribution in [0.4, 0.5) is 5.69 Å². The molecule has 6 nitrogen and oxygen atoms in total. The summed E-state index contributed by atoms with van der Waals surface area (Å²) in [5.74, 6) is -0.281.